The predicted octanol–water partition coefficient (Wildman–Crippen LogP) is 4.06. The van der Waals surface area contributed by atoms with Gasteiger partial charge in [0, 0.05) is 16.4 Å². The summed E-state index contributed by atoms with van der Waals surface area (Å²) < 4.78 is 5.63. The Morgan fingerprint density at radius 3 is 3.07 bits per heavy atom. The summed E-state index contributed by atoms with van der Waals surface area (Å²) in [5.74, 6) is 0. The lowest BCUT2D eigenvalue weighted by molar-refractivity contribution is 0.104. The van der Waals surface area contributed by atoms with Gasteiger partial charge in [0.05, 0.1) is 10.9 Å². The van der Waals surface area contributed by atoms with Crippen LogP contribution >= 0.6 is 27.3 Å². The zero-order chi connectivity index (χ0) is 9.97. The van der Waals surface area contributed by atoms with Crippen molar-refractivity contribution in [1.82, 2.24) is 0 Å². The Morgan fingerprint density at radius 2 is 2.50 bits per heavy atom. The van der Waals surface area contributed by atoms with E-state index in [0.29, 0.717) is 10.9 Å². The second-order valence-corrected chi connectivity index (χ2v) is 6.21. The molecule has 78 valence electrons. The first-order valence-electron chi connectivity index (χ1n) is 5.07. The first-order valence-corrected chi connectivity index (χ1v) is 6.81. The third-order valence-electron chi connectivity index (χ3n) is 2.56. The Hall–Kier alpha value is 0.140. The van der Waals surface area contributed by atoms with Crippen molar-refractivity contribution in [3.05, 3.63) is 21.9 Å². The number of aryl methyl sites for hydroxylation is 1. The molecule has 0 aliphatic carbocycles. The largest absolute Gasteiger partial charge is 0.378 e. The molecule has 2 rings (SSSR count). The van der Waals surface area contributed by atoms with Crippen molar-refractivity contribution in [1.29, 1.82) is 0 Å². The molecule has 14 heavy (non-hydrogen) atoms. The van der Waals surface area contributed by atoms with E-state index in [-0.39, 0.29) is 0 Å². The van der Waals surface area contributed by atoms with Crippen molar-refractivity contribution >= 4 is 27.3 Å². The van der Waals surface area contributed by atoms with Gasteiger partial charge in [-0.3, -0.25) is 0 Å². The number of ether oxygens (including phenoxy) is 1. The topological polar surface area (TPSA) is 9.23 Å². The van der Waals surface area contributed by atoms with Crippen LogP contribution in [0.4, 0.5) is 0 Å². The van der Waals surface area contributed by atoms with Crippen LogP contribution in [0, 0.1) is 6.92 Å². The van der Waals surface area contributed by atoms with E-state index >= 15 is 0 Å². The highest BCUT2D eigenvalue weighted by Gasteiger charge is 2.20. The van der Waals surface area contributed by atoms with Crippen LogP contribution < -0.4 is 0 Å². The van der Waals surface area contributed by atoms with Crippen LogP contribution in [0.25, 0.3) is 0 Å². The minimum atomic E-state index is 0.474. The molecule has 3 heteroatoms. The average Bonchev–Trinajstić information content (AvgIpc) is 2.75. The lowest BCUT2D eigenvalue weighted by Crippen LogP contribution is -2.07. The number of hydrogen-bond acceptors (Lipinski definition) is 2. The van der Waals surface area contributed by atoms with Gasteiger partial charge in [-0.05, 0) is 38.3 Å². The second-order valence-electron chi connectivity index (χ2n) is 3.79. The van der Waals surface area contributed by atoms with Gasteiger partial charge < -0.3 is 4.74 Å². The maximum atomic E-state index is 5.63. The van der Waals surface area contributed by atoms with E-state index in [1.807, 2.05) is 11.3 Å². The van der Waals surface area contributed by atoms with E-state index in [1.54, 1.807) is 0 Å². The summed E-state index contributed by atoms with van der Waals surface area (Å²) in [6, 6.07) is 4.40. The summed E-state index contributed by atoms with van der Waals surface area (Å²) in [5, 5.41) is 0. The minimum Gasteiger partial charge on any atom is -0.378 e. The molecule has 0 amide bonds. The fraction of sp³-hybridized carbons (Fsp3) is 0.636. The molecule has 2 unspecified atom stereocenters. The first kappa shape index (κ1) is 10.7. The monoisotopic (exact) mass is 274 g/mol. The maximum absolute atomic E-state index is 5.63. The summed E-state index contributed by atoms with van der Waals surface area (Å²) >= 11 is 5.62. The maximum Gasteiger partial charge on any atom is 0.0590 e. The summed E-state index contributed by atoms with van der Waals surface area (Å²) in [5.41, 5.74) is 0. The summed E-state index contributed by atoms with van der Waals surface area (Å²) in [6.07, 6.45) is 4.04. The standard InChI is InChI=1S/C11H15BrOS/c1-8-4-5-11(14-8)10(12)7-9-3-2-6-13-9/h4-5,9-10H,2-3,6-7H2,1H3. The fourth-order valence-electron chi connectivity index (χ4n) is 1.80. The second kappa shape index (κ2) is 4.77. The van der Waals surface area contributed by atoms with Gasteiger partial charge in [-0.15, -0.1) is 11.3 Å². The average molecular weight is 275 g/mol. The van der Waals surface area contributed by atoms with Crippen LogP contribution in [0.15, 0.2) is 12.1 Å². The Morgan fingerprint density at radius 1 is 1.64 bits per heavy atom. The zero-order valence-corrected chi connectivity index (χ0v) is 10.7. The summed E-state index contributed by atoms with van der Waals surface area (Å²) in [4.78, 5) is 3.29. The van der Waals surface area contributed by atoms with Gasteiger partial charge in [-0.25, -0.2) is 0 Å². The third-order valence-corrected chi connectivity index (χ3v) is 4.85. The summed E-state index contributed by atoms with van der Waals surface area (Å²) in [7, 11) is 0. The molecule has 0 bridgehead atoms. The molecule has 0 N–H and O–H groups in total. The number of thiophene rings is 1. The fourth-order valence-corrected chi connectivity index (χ4v) is 3.52. The molecule has 2 atom stereocenters. The molecule has 1 saturated heterocycles. The molecule has 0 saturated carbocycles. The molecule has 0 spiro atoms. The van der Waals surface area contributed by atoms with Crippen LogP contribution in [0.1, 0.15) is 33.8 Å². The van der Waals surface area contributed by atoms with Gasteiger partial charge in [0.15, 0.2) is 0 Å². The molecule has 1 aliphatic rings. The highest BCUT2D eigenvalue weighted by atomic mass is 79.9. The van der Waals surface area contributed by atoms with Gasteiger partial charge in [-0.1, -0.05) is 15.9 Å². The lowest BCUT2D eigenvalue weighted by atomic mass is 10.1. The Balaban J connectivity index is 1.91. The minimum absolute atomic E-state index is 0.474. The number of hydrogen-bond donors (Lipinski definition) is 0. The van der Waals surface area contributed by atoms with E-state index in [1.165, 1.54) is 22.6 Å². The van der Waals surface area contributed by atoms with Crippen molar-refractivity contribution < 1.29 is 4.74 Å². The SMILES string of the molecule is Cc1ccc(C(Br)CC2CCCO2)s1. The molecule has 2 heterocycles. The molecular formula is C11H15BrOS. The lowest BCUT2D eigenvalue weighted by Gasteiger charge is -2.13. The van der Waals surface area contributed by atoms with E-state index in [4.69, 9.17) is 4.74 Å². The van der Waals surface area contributed by atoms with Gasteiger partial charge in [0.25, 0.3) is 0 Å². The van der Waals surface area contributed by atoms with Crippen LogP contribution in [0.2, 0.25) is 0 Å². The van der Waals surface area contributed by atoms with E-state index in [9.17, 15) is 0 Å². The molecule has 0 aromatic carbocycles. The molecule has 1 aromatic heterocycles. The van der Waals surface area contributed by atoms with Gasteiger partial charge in [0.2, 0.25) is 0 Å². The first-order chi connectivity index (χ1) is 6.75. The number of rotatable bonds is 3. The van der Waals surface area contributed by atoms with E-state index < -0.39 is 0 Å². The van der Waals surface area contributed by atoms with Crippen molar-refractivity contribution in [2.75, 3.05) is 6.61 Å². The van der Waals surface area contributed by atoms with Crippen LogP contribution in [-0.2, 0) is 4.74 Å². The zero-order valence-electron chi connectivity index (χ0n) is 8.33. The van der Waals surface area contributed by atoms with Crippen molar-refractivity contribution in [3.8, 4) is 0 Å². The van der Waals surface area contributed by atoms with Crippen molar-refractivity contribution in [2.45, 2.75) is 37.1 Å². The van der Waals surface area contributed by atoms with E-state index in [2.05, 4.69) is 35.0 Å². The predicted molar refractivity (Wildman–Crippen MR) is 64.3 cm³/mol. The molecule has 1 aliphatic heterocycles. The molecular weight excluding hydrogens is 260 g/mol. The smallest absolute Gasteiger partial charge is 0.0590 e. The number of halogens is 1. The molecule has 1 fully saturated rings. The molecule has 0 radical (unpaired) electrons. The molecule has 1 nitrogen and oxygen atoms in total. The Kier molecular flexibility index (Phi) is 3.63. The van der Waals surface area contributed by atoms with Gasteiger partial charge in [-0.2, -0.15) is 0 Å². The summed E-state index contributed by atoms with van der Waals surface area (Å²) in [6.45, 7) is 3.10. The van der Waals surface area contributed by atoms with Gasteiger partial charge in [0.1, 0.15) is 0 Å². The van der Waals surface area contributed by atoms with Crippen LogP contribution in [0.5, 0.6) is 0 Å². The van der Waals surface area contributed by atoms with Crippen molar-refractivity contribution in [2.24, 2.45) is 0 Å². The van der Waals surface area contributed by atoms with E-state index in [0.717, 1.165) is 13.0 Å². The van der Waals surface area contributed by atoms with Crippen LogP contribution in [-0.4, -0.2) is 12.7 Å². The Bertz CT molecular complexity index is 291. The highest BCUT2D eigenvalue weighted by molar-refractivity contribution is 9.09. The van der Waals surface area contributed by atoms with Crippen molar-refractivity contribution in [3.63, 3.8) is 0 Å². The third kappa shape index (κ3) is 2.59. The Labute approximate surface area is 97.6 Å². The highest BCUT2D eigenvalue weighted by Crippen LogP contribution is 2.35. The molecule has 1 aromatic rings. The van der Waals surface area contributed by atoms with Crippen LogP contribution in [0.3, 0.4) is 0 Å². The quantitative estimate of drug-likeness (QED) is 0.756. The normalized spacial score (nSPS) is 24.0. The number of alkyl halides is 1. The van der Waals surface area contributed by atoms with Gasteiger partial charge >= 0.3 is 0 Å².